The Bertz CT molecular complexity index is 737. The second-order valence-electron chi connectivity index (χ2n) is 11.3. The Labute approximate surface area is 249 Å². The number of ether oxygens (including phenoxy) is 1. The molecule has 4 nitrogen and oxygen atoms in total. The summed E-state index contributed by atoms with van der Waals surface area (Å²) >= 11 is 0. The molecule has 6 heteroatoms. The molecule has 0 aliphatic rings. The minimum absolute atomic E-state index is 0.587. The van der Waals surface area contributed by atoms with Gasteiger partial charge in [0.1, 0.15) is 6.16 Å². The number of hydrogen-bond acceptors (Lipinski definition) is 3. The standard InChI is InChI=1S/C34H61O4P2/c1-4-7-8-9-10-11-12-13-14-15-16-17-18-19-20-21-22-23-24-28-31-37-34(38-39(35)36)32-40(5-2,6-3)33-29-26-25-27-30-33/h13-14,25-27,29-30,34H,4-12,15-24,28,31-32H2,1-3H3/q+1/p+1. The van der Waals surface area contributed by atoms with Gasteiger partial charge in [0.05, 0.1) is 31.5 Å². The maximum absolute atomic E-state index is 11.5. The molecular formula is C34H62O4P2+2. The van der Waals surface area contributed by atoms with E-state index in [4.69, 9.17) is 9.26 Å². The molecule has 2 unspecified atom stereocenters. The van der Waals surface area contributed by atoms with Gasteiger partial charge in [0, 0.05) is 4.57 Å². The predicted octanol–water partition coefficient (Wildman–Crippen LogP) is 11.0. The monoisotopic (exact) mass is 596 g/mol. The second kappa shape index (κ2) is 26.0. The van der Waals surface area contributed by atoms with Crippen molar-refractivity contribution in [3.05, 3.63) is 42.5 Å². The Morgan fingerprint density at radius 3 is 1.68 bits per heavy atom. The Morgan fingerprint density at radius 2 is 1.20 bits per heavy atom. The maximum Gasteiger partial charge on any atom is 0.697 e. The van der Waals surface area contributed by atoms with Gasteiger partial charge < -0.3 is 4.74 Å². The van der Waals surface area contributed by atoms with Crippen molar-refractivity contribution in [2.75, 3.05) is 25.1 Å². The normalized spacial score (nSPS) is 13.2. The lowest BCUT2D eigenvalue weighted by molar-refractivity contribution is -0.0658. The molecule has 0 aliphatic carbocycles. The zero-order chi connectivity index (χ0) is 29.2. The molecule has 1 aromatic rings. The molecule has 230 valence electrons. The van der Waals surface area contributed by atoms with E-state index in [2.05, 4.69) is 57.2 Å². The van der Waals surface area contributed by atoms with Crippen molar-refractivity contribution in [2.24, 2.45) is 0 Å². The van der Waals surface area contributed by atoms with E-state index in [0.717, 1.165) is 25.2 Å². The summed E-state index contributed by atoms with van der Waals surface area (Å²) in [4.78, 5) is 9.42. The number of allylic oxidation sites excluding steroid dienone is 2. The third kappa shape index (κ3) is 18.7. The van der Waals surface area contributed by atoms with Crippen LogP contribution in [0.3, 0.4) is 0 Å². The number of rotatable bonds is 28. The fourth-order valence-electron chi connectivity index (χ4n) is 5.47. The fourth-order valence-corrected chi connectivity index (χ4v) is 9.38. The highest BCUT2D eigenvalue weighted by molar-refractivity contribution is 7.82. The van der Waals surface area contributed by atoms with Gasteiger partial charge in [-0.2, -0.15) is 0 Å². The van der Waals surface area contributed by atoms with Crippen molar-refractivity contribution in [1.82, 2.24) is 0 Å². The van der Waals surface area contributed by atoms with Gasteiger partial charge in [0.15, 0.2) is 0 Å². The highest BCUT2D eigenvalue weighted by Gasteiger charge is 2.42. The summed E-state index contributed by atoms with van der Waals surface area (Å²) in [5.41, 5.74) is 0. The molecule has 0 amide bonds. The van der Waals surface area contributed by atoms with Crippen molar-refractivity contribution in [3.63, 3.8) is 0 Å². The fraction of sp³-hybridized carbons (Fsp3) is 0.765. The lowest BCUT2D eigenvalue weighted by Gasteiger charge is -2.27. The Hall–Kier alpha value is -0.630. The van der Waals surface area contributed by atoms with Crippen molar-refractivity contribution >= 4 is 20.8 Å². The second-order valence-corrected chi connectivity index (χ2v) is 16.4. The van der Waals surface area contributed by atoms with Gasteiger partial charge in [-0.1, -0.05) is 125 Å². The molecule has 1 aromatic carbocycles. The lowest BCUT2D eigenvalue weighted by Crippen LogP contribution is -2.28. The molecule has 0 bridgehead atoms. The Kier molecular flexibility index (Phi) is 24.3. The van der Waals surface area contributed by atoms with Crippen LogP contribution < -0.4 is 5.30 Å². The van der Waals surface area contributed by atoms with Crippen molar-refractivity contribution in [1.29, 1.82) is 0 Å². The molecule has 40 heavy (non-hydrogen) atoms. The van der Waals surface area contributed by atoms with Gasteiger partial charge in [-0.25, -0.2) is 0 Å². The predicted molar refractivity (Wildman–Crippen MR) is 178 cm³/mol. The molecule has 0 saturated heterocycles. The zero-order valence-corrected chi connectivity index (χ0v) is 28.0. The molecule has 1 rings (SSSR count). The maximum atomic E-state index is 11.5. The number of benzene rings is 1. The minimum Gasteiger partial charge on any atom is -0.345 e. The summed E-state index contributed by atoms with van der Waals surface area (Å²) in [5, 5.41) is 1.35. The molecule has 0 aliphatic heterocycles. The largest absolute Gasteiger partial charge is 0.697 e. The molecule has 2 atom stereocenters. The van der Waals surface area contributed by atoms with Gasteiger partial charge >= 0.3 is 8.25 Å². The first-order valence-corrected chi connectivity index (χ1v) is 20.1. The molecule has 0 saturated carbocycles. The Morgan fingerprint density at radius 1 is 0.725 bits per heavy atom. The summed E-state index contributed by atoms with van der Waals surface area (Å²) in [7, 11) is -4.19. The average Bonchev–Trinajstić information content (AvgIpc) is 2.96. The van der Waals surface area contributed by atoms with E-state index in [1.807, 2.05) is 6.07 Å². The van der Waals surface area contributed by atoms with E-state index < -0.39 is 21.8 Å². The minimum atomic E-state index is -2.68. The van der Waals surface area contributed by atoms with E-state index in [1.54, 1.807) is 0 Å². The van der Waals surface area contributed by atoms with Crippen molar-refractivity contribution in [3.8, 4) is 0 Å². The van der Waals surface area contributed by atoms with Crippen LogP contribution in [0, 0.1) is 0 Å². The molecule has 0 aromatic heterocycles. The molecule has 0 spiro atoms. The quantitative estimate of drug-likeness (QED) is 0.0452. The SMILES string of the molecule is CCCCCCCCC=CCCCCCCCCCCCCOC(C[P+](CC)(CC)c1ccccc1)O[P+](=O)O. The zero-order valence-electron chi connectivity index (χ0n) is 26.2. The third-order valence-corrected chi connectivity index (χ3v) is 13.4. The van der Waals surface area contributed by atoms with Gasteiger partial charge in [-0.3, -0.25) is 0 Å². The van der Waals surface area contributed by atoms with Crippen LogP contribution in [0.4, 0.5) is 0 Å². The first-order chi connectivity index (χ1) is 19.6. The van der Waals surface area contributed by atoms with Crippen LogP contribution in [-0.2, 0) is 13.8 Å². The summed E-state index contributed by atoms with van der Waals surface area (Å²) in [6.07, 6.45) is 30.6. The smallest absolute Gasteiger partial charge is 0.345 e. The van der Waals surface area contributed by atoms with Crippen LogP contribution in [-0.4, -0.2) is 36.3 Å². The molecule has 0 fully saturated rings. The van der Waals surface area contributed by atoms with Crippen molar-refractivity contribution in [2.45, 2.75) is 143 Å². The topological polar surface area (TPSA) is 55.8 Å². The Balaban J connectivity index is 2.06. The first-order valence-electron chi connectivity index (χ1n) is 16.6. The molecular weight excluding hydrogens is 534 g/mol. The van der Waals surface area contributed by atoms with E-state index in [0.29, 0.717) is 12.8 Å². The van der Waals surface area contributed by atoms with Gasteiger partial charge in [-0.15, -0.1) is 4.89 Å². The van der Waals surface area contributed by atoms with Gasteiger partial charge in [0.2, 0.25) is 6.29 Å². The van der Waals surface area contributed by atoms with E-state index in [9.17, 15) is 9.46 Å². The van der Waals surface area contributed by atoms with E-state index in [1.165, 1.54) is 108 Å². The van der Waals surface area contributed by atoms with Crippen LogP contribution in [0.5, 0.6) is 0 Å². The van der Waals surface area contributed by atoms with Crippen LogP contribution in [0.2, 0.25) is 0 Å². The summed E-state index contributed by atoms with van der Waals surface area (Å²) < 4.78 is 22.8. The number of unbranched alkanes of at least 4 members (excludes halogenated alkanes) is 16. The third-order valence-electron chi connectivity index (χ3n) is 8.18. The van der Waals surface area contributed by atoms with Crippen LogP contribution >= 0.6 is 15.5 Å². The van der Waals surface area contributed by atoms with Crippen LogP contribution in [0.25, 0.3) is 0 Å². The summed E-state index contributed by atoms with van der Waals surface area (Å²) in [6, 6.07) is 10.6. The van der Waals surface area contributed by atoms with E-state index in [-0.39, 0.29) is 0 Å². The van der Waals surface area contributed by atoms with Gasteiger partial charge in [-0.05, 0) is 58.1 Å². The van der Waals surface area contributed by atoms with Crippen molar-refractivity contribution < 1.29 is 18.7 Å². The van der Waals surface area contributed by atoms with Gasteiger partial charge in [0.25, 0.3) is 0 Å². The lowest BCUT2D eigenvalue weighted by atomic mass is 10.1. The first kappa shape index (κ1) is 37.4. The molecule has 0 heterocycles. The van der Waals surface area contributed by atoms with Crippen LogP contribution in [0.15, 0.2) is 42.5 Å². The highest BCUT2D eigenvalue weighted by Crippen LogP contribution is 2.58. The summed E-state index contributed by atoms with van der Waals surface area (Å²) in [5.74, 6) is 0. The summed E-state index contributed by atoms with van der Waals surface area (Å²) in [6.45, 7) is 7.30. The van der Waals surface area contributed by atoms with E-state index >= 15 is 0 Å². The molecule has 0 radical (unpaired) electrons. The van der Waals surface area contributed by atoms with Crippen LogP contribution in [0.1, 0.15) is 136 Å². The number of hydrogen-bond donors (Lipinski definition) is 1. The molecule has 1 N–H and O–H groups in total. The highest BCUT2D eigenvalue weighted by atomic mass is 31.2. The average molecular weight is 597 g/mol.